The summed E-state index contributed by atoms with van der Waals surface area (Å²) in [6, 6.07) is 6.04. The summed E-state index contributed by atoms with van der Waals surface area (Å²) in [6.45, 7) is 0. The molecule has 0 aliphatic rings. The fourth-order valence-corrected chi connectivity index (χ4v) is 1.61. The van der Waals surface area contributed by atoms with Gasteiger partial charge in [0, 0.05) is 17.7 Å². The number of non-ortho nitro benzene ring substituents is 1. The summed E-state index contributed by atoms with van der Waals surface area (Å²) in [6.07, 6.45) is 0. The summed E-state index contributed by atoms with van der Waals surface area (Å²) in [5.74, 6) is 0.586. The number of aromatic nitrogens is 1. The Labute approximate surface area is 98.3 Å². The number of rotatable bonds is 2. The minimum Gasteiger partial charge on any atom is -0.380 e. The number of hydrogen-bond donors (Lipinski definition) is 1. The first-order valence-electron chi connectivity index (χ1n) is 4.25. The normalized spacial score (nSPS) is 10.3. The van der Waals surface area contributed by atoms with Crippen LogP contribution in [0.1, 0.15) is 0 Å². The summed E-state index contributed by atoms with van der Waals surface area (Å²) in [7, 11) is 0. The maximum atomic E-state index is 10.6. The maximum Gasteiger partial charge on any atom is 0.270 e. The lowest BCUT2D eigenvalue weighted by Crippen LogP contribution is -1.88. The molecule has 0 saturated carbocycles. The van der Waals surface area contributed by atoms with Gasteiger partial charge in [-0.25, -0.2) is 0 Å². The van der Waals surface area contributed by atoms with Gasteiger partial charge in [0.2, 0.25) is 0 Å². The molecule has 0 unspecified atom stereocenters. The highest BCUT2D eigenvalue weighted by Crippen LogP contribution is 2.33. The first-order valence-corrected chi connectivity index (χ1v) is 5.04. The highest BCUT2D eigenvalue weighted by atomic mass is 79.9. The van der Waals surface area contributed by atoms with Crippen molar-refractivity contribution < 1.29 is 9.45 Å². The molecule has 0 spiro atoms. The van der Waals surface area contributed by atoms with Crippen molar-refractivity contribution in [2.75, 3.05) is 5.73 Å². The van der Waals surface area contributed by atoms with E-state index >= 15 is 0 Å². The van der Waals surface area contributed by atoms with Crippen molar-refractivity contribution in [2.45, 2.75) is 0 Å². The Morgan fingerprint density at radius 1 is 1.50 bits per heavy atom. The van der Waals surface area contributed by atoms with E-state index in [9.17, 15) is 10.1 Å². The molecular formula is C9H6BrN3O3. The Bertz CT molecular complexity index is 553. The number of nitrogen functional groups attached to an aromatic ring is 1. The second kappa shape index (κ2) is 3.93. The zero-order chi connectivity index (χ0) is 11.7. The summed E-state index contributed by atoms with van der Waals surface area (Å²) < 4.78 is 5.46. The second-order valence-corrected chi connectivity index (χ2v) is 3.81. The Hall–Kier alpha value is -1.89. The van der Waals surface area contributed by atoms with Crippen LogP contribution >= 0.6 is 15.9 Å². The molecule has 2 aromatic rings. The van der Waals surface area contributed by atoms with Crippen LogP contribution < -0.4 is 5.73 Å². The molecule has 2 rings (SSSR count). The molecule has 0 fully saturated rings. The van der Waals surface area contributed by atoms with Crippen molar-refractivity contribution in [3.63, 3.8) is 0 Å². The number of nitrogens with two attached hydrogens (primary N) is 1. The smallest absolute Gasteiger partial charge is 0.270 e. The molecule has 0 aliphatic heterocycles. The van der Waals surface area contributed by atoms with Gasteiger partial charge in [0.15, 0.2) is 11.6 Å². The summed E-state index contributed by atoms with van der Waals surface area (Å²) in [4.78, 5) is 10.1. The van der Waals surface area contributed by atoms with Crippen LogP contribution in [0.4, 0.5) is 11.5 Å². The molecule has 0 radical (unpaired) electrons. The first-order chi connectivity index (χ1) is 7.59. The van der Waals surface area contributed by atoms with Gasteiger partial charge in [0.25, 0.3) is 5.69 Å². The molecule has 0 atom stereocenters. The van der Waals surface area contributed by atoms with Crippen LogP contribution in [0.2, 0.25) is 0 Å². The average Bonchev–Trinajstić information content (AvgIpc) is 2.60. The van der Waals surface area contributed by atoms with Gasteiger partial charge in [-0.05, 0) is 15.9 Å². The zero-order valence-electron chi connectivity index (χ0n) is 7.88. The van der Waals surface area contributed by atoms with E-state index < -0.39 is 4.92 Å². The lowest BCUT2D eigenvalue weighted by molar-refractivity contribution is -0.384. The van der Waals surface area contributed by atoms with Crippen molar-refractivity contribution >= 4 is 27.4 Å². The van der Waals surface area contributed by atoms with Gasteiger partial charge in [-0.1, -0.05) is 17.3 Å². The molecule has 82 valence electrons. The van der Waals surface area contributed by atoms with Gasteiger partial charge in [-0.2, -0.15) is 0 Å². The molecule has 0 amide bonds. The number of nitro groups is 1. The lowest BCUT2D eigenvalue weighted by Gasteiger charge is -1.96. The maximum absolute atomic E-state index is 10.6. The van der Waals surface area contributed by atoms with Crippen LogP contribution in [0, 0.1) is 10.1 Å². The van der Waals surface area contributed by atoms with E-state index in [4.69, 9.17) is 10.3 Å². The fraction of sp³-hybridized carbons (Fsp3) is 0. The predicted molar refractivity (Wildman–Crippen MR) is 60.7 cm³/mol. The predicted octanol–water partition coefficient (Wildman–Crippen LogP) is 2.59. The van der Waals surface area contributed by atoms with Gasteiger partial charge in [0.1, 0.15) is 4.47 Å². The quantitative estimate of drug-likeness (QED) is 0.675. The number of nitrogens with zero attached hydrogens (tertiary/aromatic N) is 2. The molecule has 0 aliphatic carbocycles. The van der Waals surface area contributed by atoms with E-state index in [2.05, 4.69) is 21.1 Å². The van der Waals surface area contributed by atoms with Gasteiger partial charge < -0.3 is 10.3 Å². The average molecular weight is 284 g/mol. The number of benzene rings is 1. The molecule has 0 bridgehead atoms. The third-order valence-electron chi connectivity index (χ3n) is 1.98. The van der Waals surface area contributed by atoms with E-state index in [0.29, 0.717) is 15.8 Å². The van der Waals surface area contributed by atoms with Gasteiger partial charge in [-0.3, -0.25) is 10.1 Å². The van der Waals surface area contributed by atoms with E-state index in [1.54, 1.807) is 12.1 Å². The SMILES string of the molecule is Nc1noc(-c2cccc([N+](=O)[O-])c2)c1Br. The minimum absolute atomic E-state index is 0.0145. The minimum atomic E-state index is -0.475. The Morgan fingerprint density at radius 2 is 2.25 bits per heavy atom. The van der Waals surface area contributed by atoms with E-state index in [0.717, 1.165) is 0 Å². The Morgan fingerprint density at radius 3 is 2.81 bits per heavy atom. The van der Waals surface area contributed by atoms with E-state index in [-0.39, 0.29) is 11.5 Å². The molecule has 7 heteroatoms. The van der Waals surface area contributed by atoms with Crippen molar-refractivity contribution in [3.8, 4) is 11.3 Å². The molecule has 1 aromatic heterocycles. The van der Waals surface area contributed by atoms with Gasteiger partial charge in [0.05, 0.1) is 4.92 Å². The van der Waals surface area contributed by atoms with Gasteiger partial charge >= 0.3 is 0 Å². The van der Waals surface area contributed by atoms with Crippen LogP contribution in [0.15, 0.2) is 33.3 Å². The Balaban J connectivity index is 2.52. The van der Waals surface area contributed by atoms with Crippen molar-refractivity contribution in [3.05, 3.63) is 38.9 Å². The largest absolute Gasteiger partial charge is 0.380 e. The zero-order valence-corrected chi connectivity index (χ0v) is 9.47. The lowest BCUT2D eigenvalue weighted by atomic mass is 10.1. The monoisotopic (exact) mass is 283 g/mol. The van der Waals surface area contributed by atoms with Crippen LogP contribution in [-0.2, 0) is 0 Å². The van der Waals surface area contributed by atoms with E-state index in [1.807, 2.05) is 0 Å². The Kier molecular flexibility index (Phi) is 2.61. The fourth-order valence-electron chi connectivity index (χ4n) is 1.23. The highest BCUT2D eigenvalue weighted by Gasteiger charge is 2.15. The second-order valence-electron chi connectivity index (χ2n) is 3.02. The first kappa shape index (κ1) is 10.6. The van der Waals surface area contributed by atoms with Crippen molar-refractivity contribution in [2.24, 2.45) is 0 Å². The number of halogens is 1. The summed E-state index contributed by atoms with van der Waals surface area (Å²) in [5, 5.41) is 14.2. The third kappa shape index (κ3) is 1.76. The molecular weight excluding hydrogens is 278 g/mol. The number of anilines is 1. The van der Waals surface area contributed by atoms with Crippen LogP contribution in [0.25, 0.3) is 11.3 Å². The molecule has 16 heavy (non-hydrogen) atoms. The van der Waals surface area contributed by atoms with Crippen molar-refractivity contribution in [1.29, 1.82) is 0 Å². The standard InChI is InChI=1S/C9H6BrN3O3/c10-7-8(16-12-9(7)11)5-2-1-3-6(4-5)13(14)15/h1-4H,(H2,11,12). The summed E-state index contributed by atoms with van der Waals surface area (Å²) >= 11 is 3.20. The van der Waals surface area contributed by atoms with Crippen molar-refractivity contribution in [1.82, 2.24) is 5.16 Å². The molecule has 6 nitrogen and oxygen atoms in total. The molecule has 2 N–H and O–H groups in total. The number of nitro benzene ring substituents is 1. The van der Waals surface area contributed by atoms with Crippen LogP contribution in [-0.4, -0.2) is 10.1 Å². The van der Waals surface area contributed by atoms with Crippen LogP contribution in [0.3, 0.4) is 0 Å². The van der Waals surface area contributed by atoms with E-state index in [1.165, 1.54) is 12.1 Å². The number of hydrogen-bond acceptors (Lipinski definition) is 5. The van der Waals surface area contributed by atoms with Gasteiger partial charge in [-0.15, -0.1) is 0 Å². The highest BCUT2D eigenvalue weighted by molar-refractivity contribution is 9.10. The summed E-state index contributed by atoms with van der Waals surface area (Å²) in [5.41, 5.74) is 6.02. The third-order valence-corrected chi connectivity index (χ3v) is 2.75. The molecule has 1 aromatic carbocycles. The van der Waals surface area contributed by atoms with Crippen LogP contribution in [0.5, 0.6) is 0 Å². The topological polar surface area (TPSA) is 95.2 Å². The molecule has 1 heterocycles. The molecule has 0 saturated heterocycles.